The number of hydrogen-bond acceptors (Lipinski definition) is 7. The number of carbonyl (C=O) groups is 1. The topological polar surface area (TPSA) is 96.2 Å². The van der Waals surface area contributed by atoms with Crippen LogP contribution in [0.2, 0.25) is 0 Å². The molecule has 2 aliphatic rings. The first-order valence-corrected chi connectivity index (χ1v) is 12.1. The van der Waals surface area contributed by atoms with Gasteiger partial charge in [0.15, 0.2) is 6.10 Å². The number of hydrogen-bond donors (Lipinski definition) is 3. The van der Waals surface area contributed by atoms with Crippen LogP contribution in [0.4, 0.5) is 0 Å². The molecule has 0 radical (unpaired) electrons. The molecule has 2 fully saturated rings. The minimum Gasteiger partial charge on any atom is -0.452 e. The van der Waals surface area contributed by atoms with E-state index in [-0.39, 0.29) is 0 Å². The van der Waals surface area contributed by atoms with Crippen molar-refractivity contribution in [3.05, 3.63) is 102 Å². The maximum absolute atomic E-state index is 12.9. The number of aryl methyl sites for hydroxylation is 1. The molecule has 1 saturated heterocycles. The van der Waals surface area contributed by atoms with E-state index >= 15 is 0 Å². The van der Waals surface area contributed by atoms with Gasteiger partial charge < -0.3 is 24.8 Å². The molecule has 3 aromatic rings. The predicted molar refractivity (Wildman–Crippen MR) is 127 cm³/mol. The lowest BCUT2D eigenvalue weighted by molar-refractivity contribution is -0.336. The summed E-state index contributed by atoms with van der Waals surface area (Å²) in [4.78, 5) is 13.7. The van der Waals surface area contributed by atoms with Crippen molar-refractivity contribution in [2.45, 2.75) is 53.2 Å². The Kier molecular flexibility index (Phi) is 6.22. The van der Waals surface area contributed by atoms with E-state index < -0.39 is 47.3 Å². The maximum Gasteiger partial charge on any atom is 0.338 e. The summed E-state index contributed by atoms with van der Waals surface area (Å²) in [6.07, 6.45) is -4.69. The van der Waals surface area contributed by atoms with Crippen molar-refractivity contribution in [1.82, 2.24) is 0 Å². The van der Waals surface area contributed by atoms with Crippen LogP contribution in [0.15, 0.2) is 89.8 Å². The quantitative estimate of drug-likeness (QED) is 0.484. The van der Waals surface area contributed by atoms with Crippen molar-refractivity contribution in [1.29, 1.82) is 0 Å². The van der Waals surface area contributed by atoms with Gasteiger partial charge >= 0.3 is 5.97 Å². The van der Waals surface area contributed by atoms with Crippen molar-refractivity contribution in [3.8, 4) is 0 Å². The Morgan fingerprint density at radius 1 is 0.941 bits per heavy atom. The number of aliphatic hydroxyl groups excluding tert-OH is 2. The van der Waals surface area contributed by atoms with Gasteiger partial charge in [0.2, 0.25) is 0 Å². The van der Waals surface area contributed by atoms with E-state index in [1.807, 2.05) is 37.3 Å². The van der Waals surface area contributed by atoms with Crippen LogP contribution >= 0.6 is 11.8 Å². The van der Waals surface area contributed by atoms with Crippen molar-refractivity contribution in [3.63, 3.8) is 0 Å². The summed E-state index contributed by atoms with van der Waals surface area (Å²) in [7, 11) is 0. The smallest absolute Gasteiger partial charge is 0.338 e. The third kappa shape index (κ3) is 3.93. The number of carbonyl (C=O) groups excluding carboxylic acids is 1. The highest BCUT2D eigenvalue weighted by Crippen LogP contribution is 2.55. The summed E-state index contributed by atoms with van der Waals surface area (Å²) in [6.45, 7) is 1.98. The fourth-order valence-corrected chi connectivity index (χ4v) is 5.89. The van der Waals surface area contributed by atoms with Crippen LogP contribution in [0.5, 0.6) is 0 Å². The number of esters is 1. The summed E-state index contributed by atoms with van der Waals surface area (Å²) < 4.78 is 11.9. The largest absolute Gasteiger partial charge is 0.452 e. The Hall–Kier alpha value is -2.68. The predicted octanol–water partition coefficient (Wildman–Crippen LogP) is 3.29. The van der Waals surface area contributed by atoms with Gasteiger partial charge in [-0.15, -0.1) is 0 Å². The second-order valence-corrected chi connectivity index (χ2v) is 9.97. The standard InChI is InChI=1S/C27H26O6S/c1-16-12-14-19(15-13-16)34-26-22(32-25(30)18-10-6-3-7-11-18)23(29)27(31)20(21(28)24(27)33-26)17-8-4-2-5-9-17/h2-15,20-24,26,28-29,31H,1H3/t20?,21?,22-,23-,24-,26+,27-/m1/s1. The normalized spacial score (nSPS) is 32.4. The molecule has 0 amide bonds. The molecule has 3 aromatic carbocycles. The molecular weight excluding hydrogens is 452 g/mol. The van der Waals surface area contributed by atoms with Gasteiger partial charge in [-0.25, -0.2) is 4.79 Å². The first-order chi connectivity index (χ1) is 16.4. The Labute approximate surface area is 202 Å². The van der Waals surface area contributed by atoms with E-state index in [4.69, 9.17) is 9.47 Å². The van der Waals surface area contributed by atoms with Gasteiger partial charge in [-0.2, -0.15) is 0 Å². The first kappa shape index (κ1) is 23.1. The summed E-state index contributed by atoms with van der Waals surface area (Å²) in [5, 5.41) is 33.9. The molecule has 7 atom stereocenters. The Balaban J connectivity index is 1.47. The summed E-state index contributed by atoms with van der Waals surface area (Å²) in [6, 6.07) is 25.2. The lowest BCUT2D eigenvalue weighted by Crippen LogP contribution is -2.80. The van der Waals surface area contributed by atoms with E-state index in [9.17, 15) is 20.1 Å². The zero-order chi connectivity index (χ0) is 23.9. The molecule has 2 unspecified atom stereocenters. The highest BCUT2D eigenvalue weighted by Gasteiger charge is 2.71. The van der Waals surface area contributed by atoms with Crippen molar-refractivity contribution in [2.75, 3.05) is 0 Å². The molecule has 3 N–H and O–H groups in total. The van der Waals surface area contributed by atoms with Crippen molar-refractivity contribution < 1.29 is 29.6 Å². The minimum atomic E-state index is -1.81. The van der Waals surface area contributed by atoms with E-state index in [2.05, 4.69) is 0 Å². The van der Waals surface area contributed by atoms with Gasteiger partial charge in [-0.05, 0) is 36.8 Å². The second-order valence-electron chi connectivity index (χ2n) is 8.80. The van der Waals surface area contributed by atoms with Gasteiger partial charge in [0.1, 0.15) is 23.2 Å². The van der Waals surface area contributed by atoms with Crippen molar-refractivity contribution >= 4 is 17.7 Å². The molecule has 1 aliphatic carbocycles. The van der Waals surface area contributed by atoms with Crippen LogP contribution in [0.25, 0.3) is 0 Å². The number of ether oxygens (including phenoxy) is 2. The molecule has 34 heavy (non-hydrogen) atoms. The van der Waals surface area contributed by atoms with E-state index in [0.717, 1.165) is 10.5 Å². The molecule has 0 aromatic heterocycles. The van der Waals surface area contributed by atoms with Gasteiger partial charge in [0, 0.05) is 10.8 Å². The Morgan fingerprint density at radius 3 is 2.21 bits per heavy atom. The first-order valence-electron chi connectivity index (χ1n) is 11.2. The Bertz CT molecular complexity index is 1140. The number of thioether (sulfide) groups is 1. The molecule has 1 saturated carbocycles. The number of fused-ring (bicyclic) bond motifs is 1. The van der Waals surface area contributed by atoms with E-state index in [1.165, 1.54) is 11.8 Å². The molecule has 1 heterocycles. The van der Waals surface area contributed by atoms with Crippen LogP contribution in [-0.2, 0) is 9.47 Å². The van der Waals surface area contributed by atoms with Gasteiger partial charge in [-0.3, -0.25) is 0 Å². The van der Waals surface area contributed by atoms with E-state index in [0.29, 0.717) is 11.1 Å². The fourth-order valence-electron chi connectivity index (χ4n) is 4.81. The van der Waals surface area contributed by atoms with Crippen LogP contribution in [0.3, 0.4) is 0 Å². The van der Waals surface area contributed by atoms with Crippen LogP contribution in [-0.4, -0.2) is 56.7 Å². The Morgan fingerprint density at radius 2 is 1.56 bits per heavy atom. The molecule has 7 heteroatoms. The van der Waals surface area contributed by atoms with Gasteiger partial charge in [0.05, 0.1) is 11.7 Å². The SMILES string of the molecule is Cc1ccc(S[C@@H]2O[C@@H]3C(O)C(c4ccccc4)[C@@]3(O)[C@H](O)[C@H]2OC(=O)c2ccccc2)cc1. The summed E-state index contributed by atoms with van der Waals surface area (Å²) >= 11 is 1.28. The molecular formula is C27H26O6S. The number of aliphatic hydroxyl groups is 3. The highest BCUT2D eigenvalue weighted by atomic mass is 32.2. The average Bonchev–Trinajstić information content (AvgIpc) is 2.86. The van der Waals surface area contributed by atoms with Crippen molar-refractivity contribution in [2.24, 2.45) is 0 Å². The molecule has 0 bridgehead atoms. The second kappa shape index (κ2) is 9.17. The van der Waals surface area contributed by atoms with Crippen LogP contribution < -0.4 is 0 Å². The third-order valence-corrected chi connectivity index (χ3v) is 7.78. The fraction of sp³-hybridized carbons (Fsp3) is 0.296. The summed E-state index contributed by atoms with van der Waals surface area (Å²) in [5.41, 5.74) is -0.546. The number of rotatable bonds is 5. The monoisotopic (exact) mass is 478 g/mol. The molecule has 5 rings (SSSR count). The molecule has 0 spiro atoms. The number of benzene rings is 3. The van der Waals surface area contributed by atoms with Crippen LogP contribution in [0, 0.1) is 6.92 Å². The van der Waals surface area contributed by atoms with E-state index in [1.54, 1.807) is 54.6 Å². The van der Waals surface area contributed by atoms with Gasteiger partial charge in [-0.1, -0.05) is 78.0 Å². The van der Waals surface area contributed by atoms with Crippen LogP contribution in [0.1, 0.15) is 27.4 Å². The lowest BCUT2D eigenvalue weighted by atomic mass is 9.57. The zero-order valence-electron chi connectivity index (χ0n) is 18.5. The zero-order valence-corrected chi connectivity index (χ0v) is 19.3. The maximum atomic E-state index is 12.9. The molecule has 176 valence electrons. The van der Waals surface area contributed by atoms with Gasteiger partial charge in [0.25, 0.3) is 0 Å². The highest BCUT2D eigenvalue weighted by molar-refractivity contribution is 7.99. The minimum absolute atomic E-state index is 0.330. The molecule has 1 aliphatic heterocycles. The average molecular weight is 479 g/mol. The third-order valence-electron chi connectivity index (χ3n) is 6.62. The molecule has 6 nitrogen and oxygen atoms in total. The lowest BCUT2D eigenvalue weighted by Gasteiger charge is -2.62. The summed E-state index contributed by atoms with van der Waals surface area (Å²) in [5.74, 6) is -1.40.